The lowest BCUT2D eigenvalue weighted by atomic mass is 10.0. The lowest BCUT2D eigenvalue weighted by Gasteiger charge is -2.35. The van der Waals surface area contributed by atoms with Crippen molar-refractivity contribution in [3.63, 3.8) is 0 Å². The number of nitrogens with one attached hydrogen (secondary N) is 1. The largest absolute Gasteiger partial charge is 0.497 e. The third-order valence-electron chi connectivity index (χ3n) is 4.83. The van der Waals surface area contributed by atoms with E-state index < -0.39 is 0 Å². The molecule has 5 heteroatoms. The van der Waals surface area contributed by atoms with E-state index in [0.717, 1.165) is 47.3 Å². The highest BCUT2D eigenvalue weighted by Gasteiger charge is 2.25. The topological polar surface area (TPSA) is 41.6 Å². The number of methoxy groups -OCH3 is 1. The van der Waals surface area contributed by atoms with E-state index in [-0.39, 0.29) is 5.91 Å². The van der Waals surface area contributed by atoms with Crippen molar-refractivity contribution in [2.45, 2.75) is 31.8 Å². The molecule has 138 valence electrons. The van der Waals surface area contributed by atoms with Gasteiger partial charge in [-0.25, -0.2) is 0 Å². The number of halogens is 1. The van der Waals surface area contributed by atoms with Crippen molar-refractivity contribution >= 4 is 21.8 Å². The van der Waals surface area contributed by atoms with Crippen LogP contribution in [0.4, 0.5) is 0 Å². The van der Waals surface area contributed by atoms with Crippen LogP contribution < -0.4 is 10.1 Å². The molecule has 2 aromatic carbocycles. The van der Waals surface area contributed by atoms with Crippen LogP contribution in [0.1, 0.15) is 24.0 Å². The lowest BCUT2D eigenvalue weighted by Crippen LogP contribution is -2.46. The molecule has 0 radical (unpaired) electrons. The number of benzene rings is 2. The van der Waals surface area contributed by atoms with Crippen LogP contribution in [0.15, 0.2) is 53.0 Å². The van der Waals surface area contributed by atoms with Crippen LogP contribution in [0.5, 0.6) is 5.75 Å². The summed E-state index contributed by atoms with van der Waals surface area (Å²) in [6.45, 7) is 2.59. The first-order valence-electron chi connectivity index (χ1n) is 9.03. The van der Waals surface area contributed by atoms with E-state index in [2.05, 4.69) is 38.3 Å². The Hall–Kier alpha value is -1.85. The molecule has 0 atom stereocenters. The Kier molecular flexibility index (Phi) is 6.69. The molecule has 0 saturated carbocycles. The minimum Gasteiger partial charge on any atom is -0.497 e. The number of carbonyl (C=O) groups excluding carboxylic acids is 1. The van der Waals surface area contributed by atoms with Gasteiger partial charge in [0.25, 0.3) is 0 Å². The number of ether oxygens (including phenoxy) is 1. The standard InChI is InChI=1S/C21H25BrN2O2/c1-26-20-7-5-16(6-8-20)14-21(25)24(19-9-11-23-12-10-19)15-17-3-2-4-18(22)13-17/h2-8,13,19,23H,9-12,14-15H2,1H3. The maximum Gasteiger partial charge on any atom is 0.227 e. The highest BCUT2D eigenvalue weighted by molar-refractivity contribution is 9.10. The van der Waals surface area contributed by atoms with Crippen LogP contribution in [0.2, 0.25) is 0 Å². The Bertz CT molecular complexity index is 727. The number of piperidine rings is 1. The van der Waals surface area contributed by atoms with Crippen LogP contribution in [0.25, 0.3) is 0 Å². The summed E-state index contributed by atoms with van der Waals surface area (Å²) < 4.78 is 6.24. The fourth-order valence-corrected chi connectivity index (χ4v) is 3.84. The number of carbonyl (C=O) groups is 1. The van der Waals surface area contributed by atoms with E-state index in [1.807, 2.05) is 36.4 Å². The predicted molar refractivity (Wildman–Crippen MR) is 107 cm³/mol. The molecule has 26 heavy (non-hydrogen) atoms. The molecule has 1 aliphatic rings. The highest BCUT2D eigenvalue weighted by atomic mass is 79.9. The quantitative estimate of drug-likeness (QED) is 0.778. The fourth-order valence-electron chi connectivity index (χ4n) is 3.39. The Morgan fingerprint density at radius 1 is 1.15 bits per heavy atom. The van der Waals surface area contributed by atoms with Crippen LogP contribution in [-0.2, 0) is 17.8 Å². The smallest absolute Gasteiger partial charge is 0.227 e. The second kappa shape index (κ2) is 9.19. The summed E-state index contributed by atoms with van der Waals surface area (Å²) in [4.78, 5) is 15.2. The van der Waals surface area contributed by atoms with Crippen LogP contribution in [-0.4, -0.2) is 37.0 Å². The van der Waals surface area contributed by atoms with E-state index in [4.69, 9.17) is 4.74 Å². The molecule has 1 heterocycles. The van der Waals surface area contributed by atoms with Gasteiger partial charge in [0.05, 0.1) is 13.5 Å². The van der Waals surface area contributed by atoms with Gasteiger partial charge in [-0.2, -0.15) is 0 Å². The Labute approximate surface area is 163 Å². The summed E-state index contributed by atoms with van der Waals surface area (Å²) in [5.74, 6) is 0.993. The minimum atomic E-state index is 0.182. The van der Waals surface area contributed by atoms with E-state index in [9.17, 15) is 4.79 Å². The number of amides is 1. The predicted octanol–water partition coefficient (Wildman–Crippen LogP) is 3.78. The third-order valence-corrected chi connectivity index (χ3v) is 5.32. The molecule has 0 spiro atoms. The summed E-state index contributed by atoms with van der Waals surface area (Å²) in [7, 11) is 1.65. The Balaban J connectivity index is 1.75. The lowest BCUT2D eigenvalue weighted by molar-refractivity contribution is -0.134. The van der Waals surface area contributed by atoms with Gasteiger partial charge >= 0.3 is 0 Å². The first-order chi connectivity index (χ1) is 12.7. The van der Waals surface area contributed by atoms with Gasteiger partial charge in [0.1, 0.15) is 5.75 Å². The molecule has 2 aromatic rings. The molecule has 0 aromatic heterocycles. The first-order valence-corrected chi connectivity index (χ1v) is 9.82. The third kappa shape index (κ3) is 5.08. The Morgan fingerprint density at radius 2 is 1.88 bits per heavy atom. The molecule has 3 rings (SSSR count). The SMILES string of the molecule is COc1ccc(CC(=O)N(Cc2cccc(Br)c2)C2CCNCC2)cc1. The molecule has 1 saturated heterocycles. The van der Waals surface area contributed by atoms with Gasteiger partial charge in [-0.15, -0.1) is 0 Å². The highest BCUT2D eigenvalue weighted by Crippen LogP contribution is 2.20. The van der Waals surface area contributed by atoms with E-state index in [1.165, 1.54) is 0 Å². The molecule has 0 bridgehead atoms. The average molecular weight is 417 g/mol. The van der Waals surface area contributed by atoms with Gasteiger partial charge in [0.2, 0.25) is 5.91 Å². The van der Waals surface area contributed by atoms with Gasteiger partial charge in [0, 0.05) is 17.1 Å². The molecule has 0 aliphatic carbocycles. The summed E-state index contributed by atoms with van der Waals surface area (Å²) >= 11 is 3.53. The molecule has 1 fully saturated rings. The maximum absolute atomic E-state index is 13.1. The normalized spacial score (nSPS) is 14.8. The molecule has 1 amide bonds. The van der Waals surface area contributed by atoms with Crippen molar-refractivity contribution in [2.24, 2.45) is 0 Å². The molecular formula is C21H25BrN2O2. The van der Waals surface area contributed by atoms with Gasteiger partial charge in [-0.1, -0.05) is 40.2 Å². The van der Waals surface area contributed by atoms with E-state index in [0.29, 0.717) is 19.0 Å². The average Bonchev–Trinajstić information content (AvgIpc) is 2.67. The number of nitrogens with zero attached hydrogens (tertiary/aromatic N) is 1. The molecule has 0 unspecified atom stereocenters. The Morgan fingerprint density at radius 3 is 2.54 bits per heavy atom. The van der Waals surface area contributed by atoms with E-state index in [1.54, 1.807) is 7.11 Å². The summed E-state index contributed by atoms with van der Waals surface area (Å²) in [6, 6.07) is 16.3. The molecule has 4 nitrogen and oxygen atoms in total. The molecule has 1 N–H and O–H groups in total. The second-order valence-electron chi connectivity index (χ2n) is 6.66. The number of hydrogen-bond acceptors (Lipinski definition) is 3. The van der Waals surface area contributed by atoms with Gasteiger partial charge in [-0.3, -0.25) is 4.79 Å². The fraction of sp³-hybridized carbons (Fsp3) is 0.381. The zero-order valence-corrected chi connectivity index (χ0v) is 16.7. The second-order valence-corrected chi connectivity index (χ2v) is 7.57. The summed E-state index contributed by atoms with van der Waals surface area (Å²) in [6.07, 6.45) is 2.42. The number of hydrogen-bond donors (Lipinski definition) is 1. The minimum absolute atomic E-state index is 0.182. The first kappa shape index (κ1) is 18.9. The van der Waals surface area contributed by atoms with Gasteiger partial charge < -0.3 is 15.0 Å². The maximum atomic E-state index is 13.1. The summed E-state index contributed by atoms with van der Waals surface area (Å²) in [5, 5.41) is 3.38. The van der Waals surface area contributed by atoms with Crippen LogP contribution in [0, 0.1) is 0 Å². The zero-order valence-electron chi connectivity index (χ0n) is 15.1. The zero-order chi connectivity index (χ0) is 18.4. The summed E-state index contributed by atoms with van der Waals surface area (Å²) in [5.41, 5.74) is 2.17. The van der Waals surface area contributed by atoms with E-state index >= 15 is 0 Å². The molecule has 1 aliphatic heterocycles. The van der Waals surface area contributed by atoms with Crippen molar-refractivity contribution in [3.8, 4) is 5.75 Å². The van der Waals surface area contributed by atoms with Crippen molar-refractivity contribution in [1.82, 2.24) is 10.2 Å². The van der Waals surface area contributed by atoms with Gasteiger partial charge in [0.15, 0.2) is 0 Å². The number of rotatable bonds is 6. The van der Waals surface area contributed by atoms with Crippen molar-refractivity contribution in [2.75, 3.05) is 20.2 Å². The monoisotopic (exact) mass is 416 g/mol. The van der Waals surface area contributed by atoms with Crippen molar-refractivity contribution in [3.05, 3.63) is 64.1 Å². The van der Waals surface area contributed by atoms with Gasteiger partial charge in [-0.05, 0) is 61.3 Å². The van der Waals surface area contributed by atoms with Crippen LogP contribution >= 0.6 is 15.9 Å². The molecular weight excluding hydrogens is 392 g/mol. The van der Waals surface area contributed by atoms with Crippen LogP contribution in [0.3, 0.4) is 0 Å². The van der Waals surface area contributed by atoms with Crippen molar-refractivity contribution in [1.29, 1.82) is 0 Å². The van der Waals surface area contributed by atoms with Crippen molar-refractivity contribution < 1.29 is 9.53 Å².